The number of carbonyl (C=O) groups is 2. The number of rotatable bonds is 4. The van der Waals surface area contributed by atoms with Crippen LogP contribution >= 0.6 is 0 Å². The molecule has 0 spiro atoms. The third kappa shape index (κ3) is 4.24. The van der Waals surface area contributed by atoms with Crippen molar-refractivity contribution in [3.8, 4) is 0 Å². The summed E-state index contributed by atoms with van der Waals surface area (Å²) in [6.45, 7) is 2.92. The van der Waals surface area contributed by atoms with Gasteiger partial charge in [0.15, 0.2) is 0 Å². The van der Waals surface area contributed by atoms with Gasteiger partial charge in [0, 0.05) is 0 Å². The van der Waals surface area contributed by atoms with E-state index in [-0.39, 0.29) is 17.7 Å². The third-order valence-electron chi connectivity index (χ3n) is 1.92. The highest BCUT2D eigenvalue weighted by molar-refractivity contribution is 5.92. The SMILES string of the molecule is CC(C)(O)COC(=O)c1ccc(C(=O)O)cc1. The summed E-state index contributed by atoms with van der Waals surface area (Å²) in [5, 5.41) is 18.1. The summed E-state index contributed by atoms with van der Waals surface area (Å²) in [6, 6.07) is 5.39. The first-order valence-electron chi connectivity index (χ1n) is 5.02. The lowest BCUT2D eigenvalue weighted by Crippen LogP contribution is -2.27. The van der Waals surface area contributed by atoms with Crippen molar-refractivity contribution in [2.45, 2.75) is 19.4 Å². The van der Waals surface area contributed by atoms with E-state index < -0.39 is 17.5 Å². The summed E-state index contributed by atoms with van der Waals surface area (Å²) in [5.41, 5.74) is -0.736. The van der Waals surface area contributed by atoms with Gasteiger partial charge in [-0.25, -0.2) is 9.59 Å². The van der Waals surface area contributed by atoms with Gasteiger partial charge < -0.3 is 14.9 Å². The lowest BCUT2D eigenvalue weighted by Gasteiger charge is -2.16. The van der Waals surface area contributed by atoms with E-state index in [1.807, 2.05) is 0 Å². The molecule has 0 heterocycles. The van der Waals surface area contributed by atoms with Crippen molar-refractivity contribution >= 4 is 11.9 Å². The minimum atomic E-state index is -1.09. The van der Waals surface area contributed by atoms with E-state index in [1.165, 1.54) is 38.1 Å². The number of hydrogen-bond acceptors (Lipinski definition) is 4. The molecular weight excluding hydrogens is 224 g/mol. The van der Waals surface area contributed by atoms with Gasteiger partial charge in [-0.1, -0.05) is 0 Å². The first kappa shape index (κ1) is 13.2. The number of esters is 1. The minimum absolute atomic E-state index is 0.101. The Hall–Kier alpha value is -1.88. The summed E-state index contributed by atoms with van der Waals surface area (Å²) < 4.78 is 4.86. The number of aliphatic hydroxyl groups is 1. The molecule has 0 bridgehead atoms. The monoisotopic (exact) mass is 238 g/mol. The number of carboxylic acid groups (broad SMARTS) is 1. The maximum atomic E-state index is 11.5. The number of benzene rings is 1. The second kappa shape index (κ2) is 4.97. The van der Waals surface area contributed by atoms with Crippen molar-refractivity contribution in [2.75, 3.05) is 6.61 Å². The molecule has 17 heavy (non-hydrogen) atoms. The quantitative estimate of drug-likeness (QED) is 0.773. The Balaban J connectivity index is 2.67. The molecule has 5 nitrogen and oxygen atoms in total. The van der Waals surface area contributed by atoms with Crippen molar-refractivity contribution in [1.82, 2.24) is 0 Å². The van der Waals surface area contributed by atoms with Crippen LogP contribution in [0.25, 0.3) is 0 Å². The zero-order chi connectivity index (χ0) is 13.1. The molecule has 0 fully saturated rings. The van der Waals surface area contributed by atoms with Crippen LogP contribution < -0.4 is 0 Å². The summed E-state index contributed by atoms with van der Waals surface area (Å²) >= 11 is 0. The number of aromatic carboxylic acids is 1. The van der Waals surface area contributed by atoms with Crippen molar-refractivity contribution in [2.24, 2.45) is 0 Å². The molecule has 0 aliphatic rings. The second-order valence-corrected chi connectivity index (χ2v) is 4.27. The van der Waals surface area contributed by atoms with Crippen molar-refractivity contribution in [1.29, 1.82) is 0 Å². The first-order valence-corrected chi connectivity index (χ1v) is 5.02. The van der Waals surface area contributed by atoms with Gasteiger partial charge in [0.05, 0.1) is 16.7 Å². The average molecular weight is 238 g/mol. The predicted octanol–water partition coefficient (Wildman–Crippen LogP) is 1.31. The highest BCUT2D eigenvalue weighted by atomic mass is 16.5. The maximum absolute atomic E-state index is 11.5. The van der Waals surface area contributed by atoms with E-state index in [0.717, 1.165) is 0 Å². The van der Waals surface area contributed by atoms with E-state index in [2.05, 4.69) is 0 Å². The van der Waals surface area contributed by atoms with Gasteiger partial charge in [-0.15, -0.1) is 0 Å². The summed E-state index contributed by atoms with van der Waals surface area (Å²) in [5.74, 6) is -1.65. The van der Waals surface area contributed by atoms with Crippen LogP contribution in [0.3, 0.4) is 0 Å². The van der Waals surface area contributed by atoms with E-state index in [1.54, 1.807) is 0 Å². The standard InChI is InChI=1S/C12H14O5/c1-12(2,16)7-17-11(15)9-5-3-8(4-6-9)10(13)14/h3-6,16H,7H2,1-2H3,(H,13,14). The Morgan fingerprint density at radius 2 is 1.65 bits per heavy atom. The topological polar surface area (TPSA) is 83.8 Å². The van der Waals surface area contributed by atoms with Gasteiger partial charge in [0.25, 0.3) is 0 Å². The zero-order valence-electron chi connectivity index (χ0n) is 9.64. The molecule has 5 heteroatoms. The zero-order valence-corrected chi connectivity index (χ0v) is 9.64. The highest BCUT2D eigenvalue weighted by Crippen LogP contribution is 2.08. The second-order valence-electron chi connectivity index (χ2n) is 4.27. The molecule has 0 aliphatic heterocycles. The predicted molar refractivity (Wildman–Crippen MR) is 60.0 cm³/mol. The Morgan fingerprint density at radius 1 is 1.18 bits per heavy atom. The Labute approximate surface area is 98.6 Å². The van der Waals surface area contributed by atoms with Crippen LogP contribution in [0.5, 0.6) is 0 Å². The largest absolute Gasteiger partial charge is 0.478 e. The molecule has 0 saturated heterocycles. The molecule has 0 atom stereocenters. The summed E-state index contributed by atoms with van der Waals surface area (Å²) in [4.78, 5) is 22.1. The van der Waals surface area contributed by atoms with Gasteiger partial charge in [-0.2, -0.15) is 0 Å². The average Bonchev–Trinajstić information content (AvgIpc) is 2.25. The van der Waals surface area contributed by atoms with E-state index in [4.69, 9.17) is 9.84 Å². The van der Waals surface area contributed by atoms with Crippen LogP contribution in [0, 0.1) is 0 Å². The Bertz CT molecular complexity index is 414. The summed E-state index contributed by atoms with van der Waals surface area (Å²) in [6.07, 6.45) is 0. The molecule has 0 saturated carbocycles. The molecule has 0 radical (unpaired) electrons. The van der Waals surface area contributed by atoms with Crippen molar-refractivity contribution < 1.29 is 24.5 Å². The molecule has 0 amide bonds. The van der Waals surface area contributed by atoms with Crippen LogP contribution in [0.1, 0.15) is 34.6 Å². The van der Waals surface area contributed by atoms with E-state index >= 15 is 0 Å². The maximum Gasteiger partial charge on any atom is 0.338 e. The van der Waals surface area contributed by atoms with Gasteiger partial charge in [0.1, 0.15) is 6.61 Å². The fourth-order valence-electron chi connectivity index (χ4n) is 1.07. The molecule has 0 aromatic heterocycles. The van der Waals surface area contributed by atoms with Crippen molar-refractivity contribution in [3.05, 3.63) is 35.4 Å². The van der Waals surface area contributed by atoms with Crippen LogP contribution in [0.4, 0.5) is 0 Å². The fraction of sp³-hybridized carbons (Fsp3) is 0.333. The van der Waals surface area contributed by atoms with Gasteiger partial charge in [0.2, 0.25) is 0 Å². The number of carboxylic acids is 1. The molecule has 1 aromatic carbocycles. The molecule has 1 aromatic rings. The lowest BCUT2D eigenvalue weighted by molar-refractivity contribution is -0.0100. The van der Waals surface area contributed by atoms with Gasteiger partial charge in [-0.3, -0.25) is 0 Å². The first-order chi connectivity index (χ1) is 7.79. The highest BCUT2D eigenvalue weighted by Gasteiger charge is 2.16. The fourth-order valence-corrected chi connectivity index (χ4v) is 1.07. The van der Waals surface area contributed by atoms with Gasteiger partial charge >= 0.3 is 11.9 Å². The van der Waals surface area contributed by atoms with Crippen LogP contribution in [0.2, 0.25) is 0 Å². The number of carbonyl (C=O) groups excluding carboxylic acids is 1. The smallest absolute Gasteiger partial charge is 0.338 e. The van der Waals surface area contributed by atoms with Crippen molar-refractivity contribution in [3.63, 3.8) is 0 Å². The van der Waals surface area contributed by atoms with Crippen LogP contribution in [-0.4, -0.2) is 34.4 Å². The Kier molecular flexibility index (Phi) is 3.85. The molecule has 1 rings (SSSR count). The summed E-state index contributed by atoms with van der Waals surface area (Å²) in [7, 11) is 0. The van der Waals surface area contributed by atoms with Gasteiger partial charge in [-0.05, 0) is 38.1 Å². The number of ether oxygens (including phenoxy) is 1. The van der Waals surface area contributed by atoms with Crippen LogP contribution in [0.15, 0.2) is 24.3 Å². The third-order valence-corrected chi connectivity index (χ3v) is 1.92. The molecular formula is C12H14O5. The minimum Gasteiger partial charge on any atom is -0.478 e. The number of hydrogen-bond donors (Lipinski definition) is 2. The Morgan fingerprint density at radius 3 is 2.06 bits per heavy atom. The molecule has 0 aliphatic carbocycles. The lowest BCUT2D eigenvalue weighted by atomic mass is 10.1. The molecule has 92 valence electrons. The molecule has 0 unspecified atom stereocenters. The van der Waals surface area contributed by atoms with E-state index in [0.29, 0.717) is 0 Å². The normalized spacial score (nSPS) is 11.0. The van der Waals surface area contributed by atoms with Crippen LogP contribution in [-0.2, 0) is 4.74 Å². The molecule has 2 N–H and O–H groups in total. The van der Waals surface area contributed by atoms with E-state index in [9.17, 15) is 14.7 Å².